The summed E-state index contributed by atoms with van der Waals surface area (Å²) < 4.78 is 7.53. The maximum atomic E-state index is 5.47. The van der Waals surface area contributed by atoms with Crippen LogP contribution in [0.3, 0.4) is 0 Å². The summed E-state index contributed by atoms with van der Waals surface area (Å²) in [4.78, 5) is 4.76. The van der Waals surface area contributed by atoms with Crippen LogP contribution in [-0.2, 0) is 6.42 Å². The minimum Gasteiger partial charge on any atom is -0.495 e. The number of fused-ring (bicyclic) bond motifs is 3. The van der Waals surface area contributed by atoms with Gasteiger partial charge in [-0.05, 0) is 36.8 Å². The molecule has 0 unspecified atom stereocenters. The van der Waals surface area contributed by atoms with Crippen molar-refractivity contribution in [2.24, 2.45) is 0 Å². The molecule has 0 aliphatic carbocycles. The Kier molecular flexibility index (Phi) is 3.72. The van der Waals surface area contributed by atoms with Gasteiger partial charge in [-0.25, -0.2) is 4.98 Å². The number of methoxy groups -OCH3 is 1. The van der Waals surface area contributed by atoms with Gasteiger partial charge in [0, 0.05) is 6.42 Å². The third-order valence-electron chi connectivity index (χ3n) is 4.22. The van der Waals surface area contributed by atoms with Crippen molar-refractivity contribution in [2.45, 2.75) is 20.3 Å². The molecule has 2 aromatic heterocycles. The fourth-order valence-corrected chi connectivity index (χ4v) is 3.00. The second kappa shape index (κ2) is 6.05. The van der Waals surface area contributed by atoms with Crippen LogP contribution in [0.2, 0.25) is 0 Å². The minimum absolute atomic E-state index is 0.662. The van der Waals surface area contributed by atoms with Crippen LogP contribution in [0.1, 0.15) is 18.3 Å². The highest BCUT2D eigenvalue weighted by molar-refractivity contribution is 5.85. The number of ether oxygens (including phenoxy) is 1. The summed E-state index contributed by atoms with van der Waals surface area (Å²) in [5.74, 6) is 2.33. The van der Waals surface area contributed by atoms with Gasteiger partial charge in [-0.1, -0.05) is 25.1 Å². The summed E-state index contributed by atoms with van der Waals surface area (Å²) in [6.45, 7) is 4.11. The first kappa shape index (κ1) is 15.4. The molecule has 2 aromatic carbocycles. The number of hydrogen-bond acceptors (Lipinski definition) is 5. The molecule has 0 bridgehead atoms. The zero-order valence-corrected chi connectivity index (χ0v) is 14.4. The zero-order valence-electron chi connectivity index (χ0n) is 14.4. The van der Waals surface area contributed by atoms with E-state index in [-0.39, 0.29) is 0 Å². The lowest BCUT2D eigenvalue weighted by atomic mass is 10.2. The monoisotopic (exact) mass is 333 g/mol. The largest absolute Gasteiger partial charge is 0.495 e. The van der Waals surface area contributed by atoms with Gasteiger partial charge in [0.15, 0.2) is 5.82 Å². The summed E-state index contributed by atoms with van der Waals surface area (Å²) in [5, 5.41) is 12.1. The molecule has 2 heterocycles. The molecule has 4 aromatic rings. The van der Waals surface area contributed by atoms with Gasteiger partial charge < -0.3 is 10.1 Å². The Morgan fingerprint density at radius 1 is 1.12 bits per heavy atom. The third kappa shape index (κ3) is 2.55. The maximum absolute atomic E-state index is 5.47. The Bertz CT molecular complexity index is 1070. The average molecular weight is 333 g/mol. The predicted molar refractivity (Wildman–Crippen MR) is 98.7 cm³/mol. The molecule has 4 rings (SSSR count). The van der Waals surface area contributed by atoms with Crippen LogP contribution in [0.4, 0.5) is 11.5 Å². The van der Waals surface area contributed by atoms with E-state index in [9.17, 15) is 0 Å². The molecule has 0 fully saturated rings. The Hall–Kier alpha value is -3.15. The van der Waals surface area contributed by atoms with E-state index in [4.69, 9.17) is 9.72 Å². The van der Waals surface area contributed by atoms with Crippen molar-refractivity contribution in [3.63, 3.8) is 0 Å². The molecule has 6 nitrogen and oxygen atoms in total. The predicted octanol–water partition coefficient (Wildman–Crippen LogP) is 3.90. The fraction of sp³-hybridized carbons (Fsp3) is 0.211. The number of nitrogens with one attached hydrogen (secondary N) is 1. The molecule has 0 atom stereocenters. The number of hydrogen-bond donors (Lipinski definition) is 1. The second-order valence-electron chi connectivity index (χ2n) is 5.91. The number of nitrogens with zero attached hydrogens (tertiary/aromatic N) is 4. The molecule has 0 saturated heterocycles. The molecule has 126 valence electrons. The van der Waals surface area contributed by atoms with Crippen molar-refractivity contribution < 1.29 is 4.74 Å². The lowest BCUT2D eigenvalue weighted by molar-refractivity contribution is 0.416. The molecule has 6 heteroatoms. The van der Waals surface area contributed by atoms with Gasteiger partial charge in [0.25, 0.3) is 0 Å². The smallest absolute Gasteiger partial charge is 0.204 e. The Labute approximate surface area is 145 Å². The van der Waals surface area contributed by atoms with Crippen molar-refractivity contribution in [1.29, 1.82) is 0 Å². The van der Waals surface area contributed by atoms with Crippen molar-refractivity contribution in [3.05, 3.63) is 53.9 Å². The maximum Gasteiger partial charge on any atom is 0.204 e. The first-order valence-electron chi connectivity index (χ1n) is 8.25. The number of para-hydroxylation sites is 2. The van der Waals surface area contributed by atoms with E-state index in [1.54, 1.807) is 7.11 Å². The molecule has 0 saturated carbocycles. The van der Waals surface area contributed by atoms with Crippen LogP contribution >= 0.6 is 0 Å². The van der Waals surface area contributed by atoms with Gasteiger partial charge >= 0.3 is 0 Å². The van der Waals surface area contributed by atoms with Gasteiger partial charge in [0.2, 0.25) is 5.65 Å². The van der Waals surface area contributed by atoms with Gasteiger partial charge in [0.05, 0.1) is 23.8 Å². The fourth-order valence-electron chi connectivity index (χ4n) is 3.00. The van der Waals surface area contributed by atoms with E-state index in [1.807, 2.05) is 49.4 Å². The van der Waals surface area contributed by atoms with Gasteiger partial charge in [-0.3, -0.25) is 4.40 Å². The first-order chi connectivity index (χ1) is 12.2. The molecule has 0 spiro atoms. The zero-order chi connectivity index (χ0) is 17.4. The van der Waals surface area contributed by atoms with Crippen LogP contribution in [-0.4, -0.2) is 26.7 Å². The summed E-state index contributed by atoms with van der Waals surface area (Å²) in [6, 6.07) is 14.0. The van der Waals surface area contributed by atoms with Crippen molar-refractivity contribution in [2.75, 3.05) is 12.4 Å². The van der Waals surface area contributed by atoms with Crippen molar-refractivity contribution in [3.8, 4) is 5.75 Å². The lowest BCUT2D eigenvalue weighted by Crippen LogP contribution is -2.03. The quantitative estimate of drug-likeness (QED) is 0.613. The third-order valence-corrected chi connectivity index (χ3v) is 4.22. The van der Waals surface area contributed by atoms with Crippen LogP contribution in [0, 0.1) is 6.92 Å². The molecule has 0 aliphatic heterocycles. The number of aromatic nitrogens is 4. The van der Waals surface area contributed by atoms with Crippen LogP contribution in [0.25, 0.3) is 16.7 Å². The highest BCUT2D eigenvalue weighted by Crippen LogP contribution is 2.30. The van der Waals surface area contributed by atoms with E-state index in [0.717, 1.165) is 40.3 Å². The topological polar surface area (TPSA) is 64.3 Å². The van der Waals surface area contributed by atoms with E-state index in [1.165, 1.54) is 0 Å². The van der Waals surface area contributed by atoms with Crippen LogP contribution in [0.5, 0.6) is 5.75 Å². The van der Waals surface area contributed by atoms with Crippen molar-refractivity contribution >= 4 is 28.2 Å². The van der Waals surface area contributed by atoms with Gasteiger partial charge in [0.1, 0.15) is 11.6 Å². The molecule has 0 amide bonds. The van der Waals surface area contributed by atoms with Gasteiger partial charge in [-0.2, -0.15) is 0 Å². The minimum atomic E-state index is 0.662. The highest BCUT2D eigenvalue weighted by atomic mass is 16.5. The summed E-state index contributed by atoms with van der Waals surface area (Å²) >= 11 is 0. The number of rotatable bonds is 4. The molecule has 25 heavy (non-hydrogen) atoms. The number of anilines is 2. The molecular formula is C19H19N5O. The Morgan fingerprint density at radius 3 is 2.76 bits per heavy atom. The molecule has 0 aliphatic rings. The standard InChI is InChI=1S/C19H19N5O/c1-4-17-22-23-19-18(20-13-7-5-6-8-15(13)24(17)19)21-14-11-12(2)9-10-16(14)25-3/h5-11H,4H2,1-3H3,(H,20,21). The van der Waals surface area contributed by atoms with E-state index < -0.39 is 0 Å². The molecule has 0 radical (unpaired) electrons. The summed E-state index contributed by atoms with van der Waals surface area (Å²) in [5.41, 5.74) is 4.59. The molecular weight excluding hydrogens is 314 g/mol. The summed E-state index contributed by atoms with van der Waals surface area (Å²) in [7, 11) is 1.66. The lowest BCUT2D eigenvalue weighted by Gasteiger charge is -2.13. The SMILES string of the molecule is CCc1nnc2c(Nc3cc(C)ccc3OC)nc3ccccc3n12. The van der Waals surface area contributed by atoms with Crippen LogP contribution < -0.4 is 10.1 Å². The van der Waals surface area contributed by atoms with Crippen molar-refractivity contribution in [1.82, 2.24) is 19.6 Å². The highest BCUT2D eigenvalue weighted by Gasteiger charge is 2.15. The average Bonchev–Trinajstić information content (AvgIpc) is 3.07. The second-order valence-corrected chi connectivity index (χ2v) is 5.91. The summed E-state index contributed by atoms with van der Waals surface area (Å²) in [6.07, 6.45) is 0.794. The Morgan fingerprint density at radius 2 is 1.96 bits per heavy atom. The Balaban J connectivity index is 1.95. The first-order valence-corrected chi connectivity index (χ1v) is 8.25. The normalized spacial score (nSPS) is 11.2. The van der Waals surface area contributed by atoms with E-state index in [2.05, 4.69) is 26.8 Å². The van der Waals surface area contributed by atoms with Crippen LogP contribution in [0.15, 0.2) is 42.5 Å². The number of benzene rings is 2. The number of aryl methyl sites for hydroxylation is 2. The van der Waals surface area contributed by atoms with E-state index >= 15 is 0 Å². The molecule has 1 N–H and O–H groups in total. The van der Waals surface area contributed by atoms with Gasteiger partial charge in [-0.15, -0.1) is 10.2 Å². The van der Waals surface area contributed by atoms with E-state index in [0.29, 0.717) is 11.5 Å².